The Morgan fingerprint density at radius 2 is 1.65 bits per heavy atom. The van der Waals surface area contributed by atoms with E-state index < -0.39 is 11.8 Å². The number of hydrogen-bond donors (Lipinski definition) is 3. The number of hydrazine groups is 1. The number of carbonyl (C=O) groups is 3. The van der Waals surface area contributed by atoms with Crippen molar-refractivity contribution in [2.45, 2.75) is 6.42 Å². The zero-order valence-corrected chi connectivity index (χ0v) is 14.6. The monoisotopic (exact) mass is 367 g/mol. The van der Waals surface area contributed by atoms with Crippen molar-refractivity contribution >= 4 is 39.8 Å². The Morgan fingerprint density at radius 1 is 0.846 bits per heavy atom. The quantitative estimate of drug-likeness (QED) is 0.603. The topological polar surface area (TPSA) is 87.3 Å². The van der Waals surface area contributed by atoms with Crippen LogP contribution in [0.4, 0.5) is 0 Å². The molecule has 1 heterocycles. The Labute approximate surface area is 154 Å². The van der Waals surface area contributed by atoms with Gasteiger partial charge in [0.15, 0.2) is 0 Å². The molecule has 0 saturated heterocycles. The molecule has 2 aromatic carbocycles. The third kappa shape index (κ3) is 4.46. The smallest absolute Gasteiger partial charge is 0.279 e. The fourth-order valence-electron chi connectivity index (χ4n) is 2.50. The second-order valence-corrected chi connectivity index (χ2v) is 6.52. The zero-order valence-electron chi connectivity index (χ0n) is 13.8. The van der Waals surface area contributed by atoms with Crippen LogP contribution < -0.4 is 16.2 Å². The summed E-state index contributed by atoms with van der Waals surface area (Å²) in [5.41, 5.74) is 5.47. The molecule has 3 N–H and O–H groups in total. The predicted octanol–water partition coefficient (Wildman–Crippen LogP) is 2.02. The van der Waals surface area contributed by atoms with Gasteiger partial charge in [-0.2, -0.15) is 0 Å². The van der Waals surface area contributed by atoms with Crippen molar-refractivity contribution in [1.82, 2.24) is 16.2 Å². The first kappa shape index (κ1) is 17.6. The largest absolute Gasteiger partial charge is 0.347 e. The molecular weight excluding hydrogens is 350 g/mol. The van der Waals surface area contributed by atoms with Crippen LogP contribution in [0.5, 0.6) is 0 Å². The highest BCUT2D eigenvalue weighted by Crippen LogP contribution is 2.18. The van der Waals surface area contributed by atoms with Crippen LogP contribution in [0.15, 0.2) is 60.0 Å². The van der Waals surface area contributed by atoms with E-state index in [0.717, 1.165) is 16.3 Å². The van der Waals surface area contributed by atoms with Gasteiger partial charge < -0.3 is 5.32 Å². The standard InChI is InChI=1S/C19H17N3O3S/c23-17(11-14-7-3-6-13-5-1-2-8-15(13)14)20-12-18(24)21-22-19(25)16-9-4-10-26-16/h1-10H,11-12H2,(H,20,23)(H,21,24)(H,22,25). The van der Waals surface area contributed by atoms with E-state index in [1.54, 1.807) is 17.5 Å². The lowest BCUT2D eigenvalue weighted by Gasteiger charge is -2.09. The molecular formula is C19H17N3O3S. The van der Waals surface area contributed by atoms with Gasteiger partial charge in [-0.1, -0.05) is 48.5 Å². The summed E-state index contributed by atoms with van der Waals surface area (Å²) in [6.07, 6.45) is 0.177. The average Bonchev–Trinajstić information content (AvgIpc) is 3.19. The lowest BCUT2D eigenvalue weighted by molar-refractivity contribution is -0.126. The summed E-state index contributed by atoms with van der Waals surface area (Å²) in [5, 5.41) is 6.40. The number of amides is 3. The van der Waals surface area contributed by atoms with Crippen molar-refractivity contribution < 1.29 is 14.4 Å². The minimum atomic E-state index is -0.499. The van der Waals surface area contributed by atoms with E-state index in [-0.39, 0.29) is 18.9 Å². The van der Waals surface area contributed by atoms with Crippen LogP contribution in [-0.4, -0.2) is 24.3 Å². The van der Waals surface area contributed by atoms with Crippen molar-refractivity contribution in [3.8, 4) is 0 Å². The van der Waals surface area contributed by atoms with Gasteiger partial charge in [0.2, 0.25) is 5.91 Å². The van der Waals surface area contributed by atoms with Crippen LogP contribution >= 0.6 is 11.3 Å². The SMILES string of the molecule is O=C(Cc1cccc2ccccc12)NCC(=O)NNC(=O)c1cccs1. The first-order valence-corrected chi connectivity index (χ1v) is 8.87. The number of rotatable bonds is 5. The molecule has 0 fully saturated rings. The van der Waals surface area contributed by atoms with Crippen molar-refractivity contribution in [2.75, 3.05) is 6.54 Å². The number of thiophene rings is 1. The third-order valence-corrected chi connectivity index (χ3v) is 4.61. The number of benzene rings is 2. The molecule has 0 unspecified atom stereocenters. The second-order valence-electron chi connectivity index (χ2n) is 5.57. The van der Waals surface area contributed by atoms with Crippen molar-refractivity contribution in [1.29, 1.82) is 0 Å². The molecule has 0 aliphatic heterocycles. The van der Waals surface area contributed by atoms with Crippen LogP contribution in [-0.2, 0) is 16.0 Å². The number of hydrogen-bond acceptors (Lipinski definition) is 4. The van der Waals surface area contributed by atoms with Crippen molar-refractivity contribution in [2.24, 2.45) is 0 Å². The van der Waals surface area contributed by atoms with Gasteiger partial charge in [-0.15, -0.1) is 11.3 Å². The molecule has 3 aromatic rings. The van der Waals surface area contributed by atoms with Gasteiger partial charge >= 0.3 is 0 Å². The Bertz CT molecular complexity index is 933. The Kier molecular flexibility index (Phi) is 5.60. The van der Waals surface area contributed by atoms with E-state index in [1.807, 2.05) is 42.5 Å². The lowest BCUT2D eigenvalue weighted by Crippen LogP contribution is -2.46. The zero-order chi connectivity index (χ0) is 18.4. The fraction of sp³-hybridized carbons (Fsp3) is 0.105. The first-order valence-electron chi connectivity index (χ1n) is 7.99. The molecule has 0 radical (unpaired) electrons. The summed E-state index contributed by atoms with van der Waals surface area (Å²) in [5.74, 6) is -1.15. The summed E-state index contributed by atoms with van der Waals surface area (Å²) in [6, 6.07) is 17.0. The molecule has 0 aliphatic carbocycles. The maximum absolute atomic E-state index is 12.1. The summed E-state index contributed by atoms with van der Waals surface area (Å²) >= 11 is 1.27. The van der Waals surface area contributed by atoms with E-state index in [1.165, 1.54) is 11.3 Å². The average molecular weight is 367 g/mol. The molecule has 0 saturated carbocycles. The second kappa shape index (κ2) is 8.26. The number of fused-ring (bicyclic) bond motifs is 1. The molecule has 7 heteroatoms. The van der Waals surface area contributed by atoms with Gasteiger partial charge in [-0.25, -0.2) is 0 Å². The van der Waals surface area contributed by atoms with E-state index >= 15 is 0 Å². The fourth-order valence-corrected chi connectivity index (χ4v) is 3.12. The Morgan fingerprint density at radius 3 is 2.46 bits per heavy atom. The maximum atomic E-state index is 12.1. The highest BCUT2D eigenvalue weighted by molar-refractivity contribution is 7.12. The normalized spacial score (nSPS) is 10.3. The van der Waals surface area contributed by atoms with Gasteiger partial charge in [0.25, 0.3) is 11.8 Å². The molecule has 0 atom stereocenters. The summed E-state index contributed by atoms with van der Waals surface area (Å²) in [7, 11) is 0. The summed E-state index contributed by atoms with van der Waals surface area (Å²) in [6.45, 7) is -0.214. The van der Waals surface area contributed by atoms with Crippen molar-refractivity contribution in [3.05, 3.63) is 70.4 Å². The molecule has 1 aromatic heterocycles. The van der Waals surface area contributed by atoms with E-state index in [9.17, 15) is 14.4 Å². The highest BCUT2D eigenvalue weighted by Gasteiger charge is 2.10. The first-order chi connectivity index (χ1) is 12.6. The predicted molar refractivity (Wildman–Crippen MR) is 101 cm³/mol. The van der Waals surface area contributed by atoms with Crippen molar-refractivity contribution in [3.63, 3.8) is 0 Å². The van der Waals surface area contributed by atoms with Gasteiger partial charge in [-0.3, -0.25) is 25.2 Å². The van der Waals surface area contributed by atoms with Gasteiger partial charge in [0.05, 0.1) is 17.8 Å². The van der Waals surface area contributed by atoms with E-state index in [0.29, 0.717) is 4.88 Å². The minimum absolute atomic E-state index is 0.177. The Balaban J connectivity index is 1.47. The van der Waals surface area contributed by atoms with Gasteiger partial charge in [0.1, 0.15) is 0 Å². The lowest BCUT2D eigenvalue weighted by atomic mass is 10.0. The van der Waals surface area contributed by atoms with Crippen LogP contribution in [0.25, 0.3) is 10.8 Å². The highest BCUT2D eigenvalue weighted by atomic mass is 32.1. The number of nitrogens with one attached hydrogen (secondary N) is 3. The molecule has 3 rings (SSSR count). The van der Waals surface area contributed by atoms with Crippen LogP contribution in [0.2, 0.25) is 0 Å². The van der Waals surface area contributed by atoms with E-state index in [4.69, 9.17) is 0 Å². The molecule has 3 amide bonds. The summed E-state index contributed by atoms with van der Waals surface area (Å²) in [4.78, 5) is 36.1. The molecule has 0 spiro atoms. The maximum Gasteiger partial charge on any atom is 0.279 e. The van der Waals surface area contributed by atoms with E-state index in [2.05, 4.69) is 16.2 Å². The van der Waals surface area contributed by atoms with Crippen LogP contribution in [0.3, 0.4) is 0 Å². The van der Waals surface area contributed by atoms with Crippen LogP contribution in [0.1, 0.15) is 15.2 Å². The Hall–Kier alpha value is -3.19. The molecule has 132 valence electrons. The summed E-state index contributed by atoms with van der Waals surface area (Å²) < 4.78 is 0. The minimum Gasteiger partial charge on any atom is -0.347 e. The third-order valence-electron chi connectivity index (χ3n) is 3.74. The molecule has 6 nitrogen and oxygen atoms in total. The van der Waals surface area contributed by atoms with Gasteiger partial charge in [-0.05, 0) is 27.8 Å². The van der Waals surface area contributed by atoms with Crippen LogP contribution in [0, 0.1) is 0 Å². The molecule has 26 heavy (non-hydrogen) atoms. The molecule has 0 aliphatic rings. The number of carbonyl (C=O) groups excluding carboxylic acids is 3. The molecule has 0 bridgehead atoms. The van der Waals surface area contributed by atoms with Gasteiger partial charge in [0, 0.05) is 0 Å².